The Kier molecular flexibility index (Phi) is 5.78. The van der Waals surface area contributed by atoms with Gasteiger partial charge in [0.1, 0.15) is 11.7 Å². The van der Waals surface area contributed by atoms with E-state index in [-0.39, 0.29) is 17.9 Å². The number of benzene rings is 1. The van der Waals surface area contributed by atoms with E-state index < -0.39 is 35.2 Å². The summed E-state index contributed by atoms with van der Waals surface area (Å²) in [5.74, 6) is -0.288. The van der Waals surface area contributed by atoms with Crippen LogP contribution < -0.4 is 9.47 Å². The average molecular weight is 496 g/mol. The molecule has 2 bridgehead atoms. The van der Waals surface area contributed by atoms with E-state index in [0.29, 0.717) is 11.5 Å². The van der Waals surface area contributed by atoms with Crippen molar-refractivity contribution in [1.29, 1.82) is 0 Å². The third-order valence-electron chi connectivity index (χ3n) is 7.64. The number of esters is 3. The zero-order valence-electron chi connectivity index (χ0n) is 21.6. The van der Waals surface area contributed by atoms with Gasteiger partial charge in [-0.05, 0) is 76.6 Å². The molecule has 0 aromatic heterocycles. The number of ether oxygens (including phenoxy) is 4. The molecule has 2 aliphatic carbocycles. The second kappa shape index (κ2) is 8.47. The molecule has 1 saturated heterocycles. The van der Waals surface area contributed by atoms with Crippen LogP contribution in [-0.2, 0) is 35.7 Å². The van der Waals surface area contributed by atoms with Gasteiger partial charge >= 0.3 is 17.9 Å². The minimum absolute atomic E-state index is 0.150. The molecule has 192 valence electrons. The number of nitrogens with zero attached hydrogens (tertiary/aromatic N) is 1. The van der Waals surface area contributed by atoms with Crippen molar-refractivity contribution in [2.75, 3.05) is 13.6 Å². The first-order valence-electron chi connectivity index (χ1n) is 12.4. The first-order chi connectivity index (χ1) is 16.9. The van der Waals surface area contributed by atoms with Crippen LogP contribution >= 0.6 is 0 Å². The van der Waals surface area contributed by atoms with Crippen LogP contribution in [0.15, 0.2) is 24.3 Å². The largest absolute Gasteiger partial charge is 0.481 e. The minimum Gasteiger partial charge on any atom is -0.481 e. The normalized spacial score (nSPS) is 29.9. The van der Waals surface area contributed by atoms with Crippen LogP contribution in [0.3, 0.4) is 0 Å². The summed E-state index contributed by atoms with van der Waals surface area (Å²) >= 11 is 0. The molecule has 8 heteroatoms. The molecule has 0 saturated carbocycles. The second-order valence-corrected chi connectivity index (χ2v) is 11.2. The molecule has 4 aliphatic rings. The first kappa shape index (κ1) is 24.6. The lowest BCUT2D eigenvalue weighted by Crippen LogP contribution is -2.65. The predicted octanol–water partition coefficient (Wildman–Crippen LogP) is 3.34. The zero-order chi connectivity index (χ0) is 26.0. The maximum Gasteiger partial charge on any atom is 0.331 e. The lowest BCUT2D eigenvalue weighted by atomic mass is 9.53. The van der Waals surface area contributed by atoms with Crippen molar-refractivity contribution in [3.8, 4) is 11.5 Å². The van der Waals surface area contributed by atoms with Crippen LogP contribution in [0.25, 0.3) is 6.08 Å². The summed E-state index contributed by atoms with van der Waals surface area (Å²) in [6.45, 7) is 9.07. The van der Waals surface area contributed by atoms with Crippen LogP contribution in [0.5, 0.6) is 11.5 Å². The Morgan fingerprint density at radius 2 is 1.92 bits per heavy atom. The Morgan fingerprint density at radius 3 is 2.58 bits per heavy atom. The van der Waals surface area contributed by atoms with Gasteiger partial charge in [-0.15, -0.1) is 0 Å². The minimum atomic E-state index is -0.607. The fourth-order valence-corrected chi connectivity index (χ4v) is 6.48. The van der Waals surface area contributed by atoms with Crippen LogP contribution in [0.4, 0.5) is 0 Å². The molecule has 5 unspecified atom stereocenters. The maximum absolute atomic E-state index is 12.5. The van der Waals surface area contributed by atoms with Crippen molar-refractivity contribution in [3.63, 3.8) is 0 Å². The third kappa shape index (κ3) is 3.92. The number of hydrogen-bond donors (Lipinski definition) is 0. The molecule has 1 fully saturated rings. The number of carbonyl (C=O) groups is 3. The third-order valence-corrected chi connectivity index (χ3v) is 7.64. The highest BCUT2D eigenvalue weighted by atomic mass is 16.6. The van der Waals surface area contributed by atoms with Crippen molar-refractivity contribution in [2.45, 2.75) is 76.7 Å². The molecule has 1 aromatic rings. The Labute approximate surface area is 211 Å². The molecule has 36 heavy (non-hydrogen) atoms. The van der Waals surface area contributed by atoms with E-state index in [4.69, 9.17) is 18.9 Å². The first-order valence-corrected chi connectivity index (χ1v) is 12.4. The predicted molar refractivity (Wildman–Crippen MR) is 132 cm³/mol. The monoisotopic (exact) mass is 495 g/mol. The van der Waals surface area contributed by atoms with Crippen molar-refractivity contribution < 1.29 is 33.3 Å². The van der Waals surface area contributed by atoms with Crippen molar-refractivity contribution in [3.05, 3.63) is 41.0 Å². The highest BCUT2D eigenvalue weighted by molar-refractivity contribution is 5.88. The molecule has 0 radical (unpaired) electrons. The van der Waals surface area contributed by atoms with E-state index in [1.54, 1.807) is 12.1 Å². The van der Waals surface area contributed by atoms with Gasteiger partial charge in [0.15, 0.2) is 17.6 Å². The highest BCUT2D eigenvalue weighted by Crippen LogP contribution is 2.63. The molecule has 2 heterocycles. The molecule has 1 aromatic carbocycles. The number of piperidine rings is 1. The summed E-state index contributed by atoms with van der Waals surface area (Å²) in [6.07, 6.45) is 7.83. The van der Waals surface area contributed by atoms with Crippen molar-refractivity contribution >= 4 is 24.0 Å². The quantitative estimate of drug-likeness (QED) is 0.272. The Bertz CT molecular complexity index is 1190. The van der Waals surface area contributed by atoms with E-state index in [1.165, 1.54) is 19.9 Å². The van der Waals surface area contributed by atoms with E-state index in [1.807, 2.05) is 26.8 Å². The molecule has 0 amide bonds. The smallest absolute Gasteiger partial charge is 0.331 e. The summed E-state index contributed by atoms with van der Waals surface area (Å²) in [7, 11) is 2.13. The molecule has 1 spiro atoms. The van der Waals surface area contributed by atoms with Crippen LogP contribution in [0.2, 0.25) is 0 Å². The summed E-state index contributed by atoms with van der Waals surface area (Å²) in [6, 6.07) is 1.97. The zero-order valence-corrected chi connectivity index (χ0v) is 21.6. The van der Waals surface area contributed by atoms with Gasteiger partial charge in [0.05, 0.1) is 0 Å². The van der Waals surface area contributed by atoms with E-state index in [2.05, 4.69) is 18.0 Å². The van der Waals surface area contributed by atoms with Gasteiger partial charge in [-0.3, -0.25) is 9.59 Å². The van der Waals surface area contributed by atoms with E-state index >= 15 is 0 Å². The van der Waals surface area contributed by atoms with Gasteiger partial charge in [0, 0.05) is 42.9 Å². The fourth-order valence-electron chi connectivity index (χ4n) is 6.48. The van der Waals surface area contributed by atoms with Crippen molar-refractivity contribution in [2.24, 2.45) is 5.92 Å². The fraction of sp³-hybridized carbons (Fsp3) is 0.536. The number of rotatable bonds is 4. The Hall–Kier alpha value is -3.13. The molecular weight excluding hydrogens is 462 g/mol. The molecular formula is C28H33NO7. The standard InChI is InChI=1S/C28H33NO7/c1-15(30)33-21-9-8-19-20-14-18-17(7-10-23(32)36-27(3,4)5)13-22(34-16(2)31)25-24(18)28(19,26(21)35-25)11-12-29(20)6/h7-10,13,19-21,26H,11-12,14H2,1-6H3. The second-order valence-electron chi connectivity index (χ2n) is 11.2. The SMILES string of the molecule is CC(=O)Oc1cc(C=CC(=O)OC(C)(C)C)c2c3c1OC1C(OC(C)=O)C=CC4C(C2)N(C)CCC341. The van der Waals surface area contributed by atoms with E-state index in [0.717, 1.165) is 36.1 Å². The molecule has 5 rings (SSSR count). The summed E-state index contributed by atoms with van der Waals surface area (Å²) < 4.78 is 23.3. The Balaban J connectivity index is 1.68. The Morgan fingerprint density at radius 1 is 1.17 bits per heavy atom. The van der Waals surface area contributed by atoms with Crippen LogP contribution in [-0.4, -0.2) is 60.3 Å². The van der Waals surface area contributed by atoms with Crippen molar-refractivity contribution in [1.82, 2.24) is 4.90 Å². The van der Waals surface area contributed by atoms with Gasteiger partial charge in [-0.1, -0.05) is 6.08 Å². The summed E-state index contributed by atoms with van der Waals surface area (Å²) in [5.41, 5.74) is 1.82. The average Bonchev–Trinajstić information content (AvgIpc) is 3.10. The van der Waals surface area contributed by atoms with Gasteiger partial charge in [0.25, 0.3) is 0 Å². The van der Waals surface area contributed by atoms with E-state index in [9.17, 15) is 14.4 Å². The van der Waals surface area contributed by atoms with Gasteiger partial charge < -0.3 is 23.8 Å². The molecule has 2 aliphatic heterocycles. The summed E-state index contributed by atoms with van der Waals surface area (Å²) in [4.78, 5) is 38.8. The highest BCUT2D eigenvalue weighted by Gasteiger charge is 2.65. The van der Waals surface area contributed by atoms with Gasteiger partial charge in [0.2, 0.25) is 0 Å². The number of likely N-dealkylation sites (tertiary alicyclic amines) is 1. The topological polar surface area (TPSA) is 91.4 Å². The number of hydrogen-bond acceptors (Lipinski definition) is 8. The van der Waals surface area contributed by atoms with Crippen LogP contribution in [0.1, 0.15) is 57.7 Å². The number of carbonyl (C=O) groups excluding carboxylic acids is 3. The number of likely N-dealkylation sites (N-methyl/N-ethyl adjacent to an activating group) is 1. The molecule has 0 N–H and O–H groups in total. The lowest BCUT2D eigenvalue weighted by molar-refractivity contribution is -0.152. The molecule has 8 nitrogen and oxygen atoms in total. The lowest BCUT2D eigenvalue weighted by Gasteiger charge is -2.56. The molecule has 5 atom stereocenters. The van der Waals surface area contributed by atoms with Gasteiger partial charge in [-0.2, -0.15) is 0 Å². The van der Waals surface area contributed by atoms with Gasteiger partial charge in [-0.25, -0.2) is 4.79 Å². The summed E-state index contributed by atoms with van der Waals surface area (Å²) in [5, 5.41) is 0. The maximum atomic E-state index is 12.5. The van der Waals surface area contributed by atoms with Crippen LogP contribution in [0, 0.1) is 5.92 Å².